The highest BCUT2D eigenvalue weighted by atomic mass is 16.5. The molecule has 1 aliphatic rings. The van der Waals surface area contributed by atoms with Crippen molar-refractivity contribution in [1.29, 1.82) is 0 Å². The Bertz CT molecular complexity index is 823. The van der Waals surface area contributed by atoms with Crippen LogP contribution in [0.4, 0.5) is 0 Å². The maximum atomic E-state index is 13.0. The molecule has 0 radical (unpaired) electrons. The summed E-state index contributed by atoms with van der Waals surface area (Å²) in [5, 5.41) is 17.1. The van der Waals surface area contributed by atoms with Gasteiger partial charge in [0.05, 0.1) is 25.7 Å². The van der Waals surface area contributed by atoms with Crippen molar-refractivity contribution in [3.05, 3.63) is 23.8 Å². The molecule has 1 N–H and O–H groups in total. The van der Waals surface area contributed by atoms with Crippen molar-refractivity contribution < 1.29 is 19.4 Å². The molecule has 10 heteroatoms. The van der Waals surface area contributed by atoms with Gasteiger partial charge in [0.2, 0.25) is 11.7 Å². The van der Waals surface area contributed by atoms with Gasteiger partial charge in [0.15, 0.2) is 0 Å². The van der Waals surface area contributed by atoms with Crippen molar-refractivity contribution in [2.24, 2.45) is 5.92 Å². The summed E-state index contributed by atoms with van der Waals surface area (Å²) >= 11 is 0. The molecule has 3 rings (SSSR count). The number of ether oxygens (including phenoxy) is 1. The van der Waals surface area contributed by atoms with E-state index in [2.05, 4.69) is 15.2 Å². The third-order valence-electron chi connectivity index (χ3n) is 4.58. The van der Waals surface area contributed by atoms with Crippen molar-refractivity contribution >= 4 is 17.6 Å². The molecular formula is C17H24N6O4. The number of hydrogen-bond donors (Lipinski definition) is 1. The molecule has 3 heterocycles. The van der Waals surface area contributed by atoms with Crippen molar-refractivity contribution in [3.8, 4) is 0 Å². The second kappa shape index (κ2) is 8.40. The molecule has 1 atom stereocenters. The average molecular weight is 376 g/mol. The highest BCUT2D eigenvalue weighted by molar-refractivity contribution is 5.92. The Balaban J connectivity index is 1.80. The van der Waals surface area contributed by atoms with Crippen LogP contribution in [0.3, 0.4) is 0 Å². The second-order valence-corrected chi connectivity index (χ2v) is 6.43. The Morgan fingerprint density at radius 2 is 2.22 bits per heavy atom. The zero-order valence-electron chi connectivity index (χ0n) is 15.5. The van der Waals surface area contributed by atoms with Crippen LogP contribution in [-0.4, -0.2) is 92.3 Å². The lowest BCUT2D eigenvalue weighted by Gasteiger charge is -2.27. The lowest BCUT2D eigenvalue weighted by molar-refractivity contribution is -0.137. The molecule has 0 saturated carbocycles. The van der Waals surface area contributed by atoms with E-state index < -0.39 is 5.92 Å². The van der Waals surface area contributed by atoms with Crippen LogP contribution in [-0.2, 0) is 9.53 Å². The van der Waals surface area contributed by atoms with Crippen LogP contribution in [0, 0.1) is 12.8 Å². The Morgan fingerprint density at radius 3 is 2.96 bits per heavy atom. The Hall–Kier alpha value is -2.59. The van der Waals surface area contributed by atoms with E-state index in [0.29, 0.717) is 25.5 Å². The molecule has 1 unspecified atom stereocenters. The minimum Gasteiger partial charge on any atom is -0.395 e. The lowest BCUT2D eigenvalue weighted by atomic mass is 10.1. The molecule has 0 bridgehead atoms. The third kappa shape index (κ3) is 4.06. The van der Waals surface area contributed by atoms with Gasteiger partial charge in [-0.05, 0) is 19.9 Å². The number of aliphatic hydroxyl groups excluding tert-OH is 1. The number of amides is 2. The highest BCUT2D eigenvalue weighted by Crippen LogP contribution is 2.14. The number of likely N-dealkylation sites (N-methyl/N-ethyl adjacent to an activating group) is 1. The summed E-state index contributed by atoms with van der Waals surface area (Å²) in [6.07, 6.45) is 1.71. The van der Waals surface area contributed by atoms with Crippen molar-refractivity contribution in [3.63, 3.8) is 0 Å². The molecule has 1 saturated heterocycles. The maximum Gasteiger partial charge on any atom is 0.292 e. The minimum atomic E-state index is -0.484. The molecule has 27 heavy (non-hydrogen) atoms. The van der Waals surface area contributed by atoms with Crippen LogP contribution in [0.1, 0.15) is 23.2 Å². The number of carbonyl (C=O) groups is 2. The normalized spacial score (nSPS) is 17.7. The summed E-state index contributed by atoms with van der Waals surface area (Å²) in [6.45, 7) is 5.52. The molecule has 2 amide bonds. The molecule has 1 fully saturated rings. The van der Waals surface area contributed by atoms with E-state index in [1.54, 1.807) is 26.5 Å². The number of fused-ring (bicyclic) bond motifs is 1. The maximum absolute atomic E-state index is 13.0. The monoisotopic (exact) mass is 376 g/mol. The first-order chi connectivity index (χ1) is 13.0. The van der Waals surface area contributed by atoms with E-state index in [4.69, 9.17) is 9.84 Å². The van der Waals surface area contributed by atoms with E-state index in [1.807, 2.05) is 13.8 Å². The van der Waals surface area contributed by atoms with Crippen molar-refractivity contribution in [1.82, 2.24) is 29.4 Å². The van der Waals surface area contributed by atoms with E-state index >= 15 is 0 Å². The SMILES string of the molecule is CCN(CCO)C(=O)C1COCCN(C(=O)c2nnc3nc(C)ccn23)C1. The fourth-order valence-corrected chi connectivity index (χ4v) is 3.11. The van der Waals surface area contributed by atoms with Crippen LogP contribution in [0.2, 0.25) is 0 Å². The topological polar surface area (TPSA) is 113 Å². The molecule has 1 aliphatic heterocycles. The number of rotatable bonds is 5. The Morgan fingerprint density at radius 1 is 1.41 bits per heavy atom. The van der Waals surface area contributed by atoms with E-state index in [9.17, 15) is 9.59 Å². The zero-order chi connectivity index (χ0) is 19.4. The number of aromatic nitrogens is 4. The molecule has 0 spiro atoms. The first-order valence-corrected chi connectivity index (χ1v) is 9.00. The fourth-order valence-electron chi connectivity index (χ4n) is 3.11. The second-order valence-electron chi connectivity index (χ2n) is 6.43. The first-order valence-electron chi connectivity index (χ1n) is 9.00. The van der Waals surface area contributed by atoms with Crippen LogP contribution >= 0.6 is 0 Å². The molecule has 146 valence electrons. The number of aryl methyl sites for hydroxylation is 1. The van der Waals surface area contributed by atoms with Crippen LogP contribution in [0.15, 0.2) is 12.3 Å². The predicted octanol–water partition coefficient (Wildman–Crippen LogP) is -0.638. The summed E-state index contributed by atoms with van der Waals surface area (Å²) in [5.74, 6) is -0.413. The Labute approximate surface area is 156 Å². The first kappa shape index (κ1) is 19.2. The quantitative estimate of drug-likeness (QED) is 0.738. The van der Waals surface area contributed by atoms with Crippen LogP contribution in [0.5, 0.6) is 0 Å². The lowest BCUT2D eigenvalue weighted by Crippen LogP contribution is -2.45. The molecule has 0 aliphatic carbocycles. The summed E-state index contributed by atoms with van der Waals surface area (Å²) in [4.78, 5) is 33.1. The van der Waals surface area contributed by atoms with Gasteiger partial charge < -0.3 is 19.6 Å². The molecule has 10 nitrogen and oxygen atoms in total. The van der Waals surface area contributed by atoms with Crippen LogP contribution in [0.25, 0.3) is 5.78 Å². The van der Waals surface area contributed by atoms with Gasteiger partial charge >= 0.3 is 0 Å². The van der Waals surface area contributed by atoms with Gasteiger partial charge in [-0.3, -0.25) is 14.0 Å². The summed E-state index contributed by atoms with van der Waals surface area (Å²) in [7, 11) is 0. The van der Waals surface area contributed by atoms with Crippen LogP contribution < -0.4 is 0 Å². The predicted molar refractivity (Wildman–Crippen MR) is 95.1 cm³/mol. The smallest absolute Gasteiger partial charge is 0.292 e. The van der Waals surface area contributed by atoms with E-state index in [-0.39, 0.29) is 43.9 Å². The van der Waals surface area contributed by atoms with Gasteiger partial charge in [-0.1, -0.05) is 0 Å². The van der Waals surface area contributed by atoms with Crippen molar-refractivity contribution in [2.45, 2.75) is 13.8 Å². The summed E-state index contributed by atoms with van der Waals surface area (Å²) in [6, 6.07) is 1.78. The standard InChI is InChI=1S/C17H24N6O4/c1-3-21(6-8-24)15(25)13-10-22(7-9-27-11-13)16(26)14-19-20-17-18-12(2)4-5-23(14)17/h4-5,13,24H,3,6-11H2,1-2H3. The molecule has 2 aromatic rings. The van der Waals surface area contributed by atoms with Gasteiger partial charge in [0.25, 0.3) is 11.7 Å². The summed E-state index contributed by atoms with van der Waals surface area (Å²) in [5.41, 5.74) is 0.784. The van der Waals surface area contributed by atoms with Gasteiger partial charge in [-0.2, -0.15) is 0 Å². The zero-order valence-corrected chi connectivity index (χ0v) is 15.5. The van der Waals surface area contributed by atoms with Gasteiger partial charge in [-0.25, -0.2) is 4.98 Å². The molecule has 0 aromatic carbocycles. The molecule has 2 aromatic heterocycles. The average Bonchev–Trinajstić information content (AvgIpc) is 2.92. The van der Waals surface area contributed by atoms with E-state index in [1.165, 1.54) is 0 Å². The highest BCUT2D eigenvalue weighted by Gasteiger charge is 2.32. The third-order valence-corrected chi connectivity index (χ3v) is 4.58. The largest absolute Gasteiger partial charge is 0.395 e. The number of carbonyl (C=O) groups excluding carboxylic acids is 2. The minimum absolute atomic E-state index is 0.103. The van der Waals surface area contributed by atoms with E-state index in [0.717, 1.165) is 5.69 Å². The van der Waals surface area contributed by atoms with Gasteiger partial charge in [0, 0.05) is 38.1 Å². The number of hydrogen-bond acceptors (Lipinski definition) is 7. The summed E-state index contributed by atoms with van der Waals surface area (Å²) < 4.78 is 7.09. The number of nitrogens with zero attached hydrogens (tertiary/aromatic N) is 6. The van der Waals surface area contributed by atoms with Gasteiger partial charge in [-0.15, -0.1) is 10.2 Å². The Kier molecular flexibility index (Phi) is 5.97. The number of aliphatic hydroxyl groups is 1. The fraction of sp³-hybridized carbons (Fsp3) is 0.588. The van der Waals surface area contributed by atoms with Crippen molar-refractivity contribution in [2.75, 3.05) is 46.0 Å². The molecular weight excluding hydrogens is 352 g/mol. The van der Waals surface area contributed by atoms with Gasteiger partial charge in [0.1, 0.15) is 0 Å².